The molecule has 0 unspecified atom stereocenters. The fourth-order valence-electron chi connectivity index (χ4n) is 3.28. The zero-order valence-electron chi connectivity index (χ0n) is 15.7. The number of likely N-dealkylation sites (tertiary alicyclic amines) is 1. The predicted octanol–water partition coefficient (Wildman–Crippen LogP) is 4.39. The minimum Gasteiger partial charge on any atom is -0.443 e. The molecule has 1 aromatic heterocycles. The molecule has 1 aromatic rings. The molecule has 24 heavy (non-hydrogen) atoms. The van der Waals surface area contributed by atoms with Crippen LogP contribution < -0.4 is 4.90 Å². The molecule has 1 aliphatic rings. The molecular formula is C19H31N3O2. The van der Waals surface area contributed by atoms with Crippen LogP contribution in [-0.4, -0.2) is 41.2 Å². The van der Waals surface area contributed by atoms with E-state index in [1.54, 1.807) is 11.1 Å². The monoisotopic (exact) mass is 333 g/mol. The van der Waals surface area contributed by atoms with Gasteiger partial charge in [-0.05, 0) is 59.2 Å². The summed E-state index contributed by atoms with van der Waals surface area (Å²) >= 11 is 0. The van der Waals surface area contributed by atoms with E-state index in [9.17, 15) is 4.79 Å². The number of ether oxygens (including phenoxy) is 1. The summed E-state index contributed by atoms with van der Waals surface area (Å²) in [5, 5.41) is 0. The van der Waals surface area contributed by atoms with Crippen LogP contribution in [0, 0.1) is 0 Å². The molecule has 0 radical (unpaired) electrons. The van der Waals surface area contributed by atoms with Crippen molar-refractivity contribution in [2.75, 3.05) is 24.5 Å². The van der Waals surface area contributed by atoms with Crippen LogP contribution in [0.25, 0.3) is 0 Å². The van der Waals surface area contributed by atoms with Gasteiger partial charge in [-0.3, -0.25) is 9.80 Å². The summed E-state index contributed by atoms with van der Waals surface area (Å²) in [5.74, 6) is 0.749. The summed E-state index contributed by atoms with van der Waals surface area (Å²) in [7, 11) is 0. The smallest absolute Gasteiger partial charge is 0.416 e. The van der Waals surface area contributed by atoms with Gasteiger partial charge in [0.25, 0.3) is 0 Å². The lowest BCUT2D eigenvalue weighted by atomic mass is 10.0. The number of nitrogens with zero attached hydrogens (tertiary/aromatic N) is 3. The first kappa shape index (κ1) is 18.7. The molecule has 0 spiro atoms. The zero-order valence-corrected chi connectivity index (χ0v) is 15.7. The second-order valence-electron chi connectivity index (χ2n) is 7.33. The first-order valence-electron chi connectivity index (χ1n) is 9.06. The fourth-order valence-corrected chi connectivity index (χ4v) is 3.28. The number of rotatable bonds is 5. The first-order chi connectivity index (χ1) is 11.4. The van der Waals surface area contributed by atoms with Gasteiger partial charge >= 0.3 is 6.09 Å². The summed E-state index contributed by atoms with van der Waals surface area (Å²) in [4.78, 5) is 21.4. The Morgan fingerprint density at radius 3 is 2.79 bits per heavy atom. The minimum absolute atomic E-state index is 0.314. The molecule has 0 N–H and O–H groups in total. The summed E-state index contributed by atoms with van der Waals surface area (Å²) in [5.41, 5.74) is 0.622. The highest BCUT2D eigenvalue weighted by Gasteiger charge is 2.31. The molecule has 0 saturated carbocycles. The average molecular weight is 333 g/mol. The van der Waals surface area contributed by atoms with E-state index in [1.807, 2.05) is 26.8 Å². The van der Waals surface area contributed by atoms with Crippen molar-refractivity contribution in [1.82, 2.24) is 9.88 Å². The maximum atomic E-state index is 12.7. The molecular weight excluding hydrogens is 302 g/mol. The number of pyridine rings is 1. The largest absolute Gasteiger partial charge is 0.443 e. The lowest BCUT2D eigenvalue weighted by Gasteiger charge is -2.30. The summed E-state index contributed by atoms with van der Waals surface area (Å²) in [6.45, 7) is 12.7. The number of hydrogen-bond donors (Lipinski definition) is 0. The Morgan fingerprint density at radius 2 is 2.17 bits per heavy atom. The number of carbonyl (C=O) groups excluding carboxylic acids is 1. The SMILES string of the molecule is CCCN(C(=O)OC(C)(C)C)c1ncccc1[C@H]1CCCN1CC. The van der Waals surface area contributed by atoms with E-state index in [0.717, 1.165) is 37.3 Å². The highest BCUT2D eigenvalue weighted by Crippen LogP contribution is 2.36. The molecule has 1 amide bonds. The number of carbonyl (C=O) groups is 1. The molecule has 0 aliphatic carbocycles. The standard InChI is InChI=1S/C19H31N3O2/c1-6-13-22(18(23)24-19(3,4)5)17-15(10-8-12-20-17)16-11-9-14-21(16)7-2/h8,10,12,16H,6-7,9,11,13-14H2,1-5H3/t16-/m1/s1. The lowest BCUT2D eigenvalue weighted by molar-refractivity contribution is 0.0578. The molecule has 5 nitrogen and oxygen atoms in total. The van der Waals surface area contributed by atoms with E-state index in [-0.39, 0.29) is 6.09 Å². The molecule has 1 saturated heterocycles. The zero-order chi connectivity index (χ0) is 17.7. The molecule has 1 atom stereocenters. The molecule has 0 bridgehead atoms. The Kier molecular flexibility index (Phi) is 6.21. The van der Waals surface area contributed by atoms with Gasteiger partial charge < -0.3 is 4.74 Å². The molecule has 134 valence electrons. The third kappa shape index (κ3) is 4.47. The van der Waals surface area contributed by atoms with Crippen LogP contribution in [-0.2, 0) is 4.74 Å². The van der Waals surface area contributed by atoms with E-state index in [1.165, 1.54) is 6.42 Å². The van der Waals surface area contributed by atoms with Gasteiger partial charge in [-0.2, -0.15) is 0 Å². The van der Waals surface area contributed by atoms with Crippen molar-refractivity contribution in [3.05, 3.63) is 23.9 Å². The van der Waals surface area contributed by atoms with Crippen LogP contribution in [0.15, 0.2) is 18.3 Å². The Hall–Kier alpha value is -1.62. The topological polar surface area (TPSA) is 45.7 Å². The van der Waals surface area contributed by atoms with Crippen molar-refractivity contribution in [3.8, 4) is 0 Å². The summed E-state index contributed by atoms with van der Waals surface area (Å²) < 4.78 is 5.61. The fraction of sp³-hybridized carbons (Fsp3) is 0.684. The van der Waals surface area contributed by atoms with Crippen LogP contribution in [0.2, 0.25) is 0 Å². The van der Waals surface area contributed by atoms with Crippen molar-refractivity contribution in [2.24, 2.45) is 0 Å². The Bertz CT molecular complexity index is 554. The maximum absolute atomic E-state index is 12.7. The van der Waals surface area contributed by atoms with E-state index < -0.39 is 5.60 Å². The highest BCUT2D eigenvalue weighted by molar-refractivity contribution is 5.87. The van der Waals surface area contributed by atoms with Gasteiger partial charge in [0.2, 0.25) is 0 Å². The van der Waals surface area contributed by atoms with Crippen molar-refractivity contribution >= 4 is 11.9 Å². The van der Waals surface area contributed by atoms with E-state index in [0.29, 0.717) is 12.6 Å². The van der Waals surface area contributed by atoms with Crippen LogP contribution in [0.3, 0.4) is 0 Å². The number of aromatic nitrogens is 1. The molecule has 2 rings (SSSR count). The van der Waals surface area contributed by atoms with Gasteiger partial charge in [0, 0.05) is 24.3 Å². The molecule has 5 heteroatoms. The number of amides is 1. The summed E-state index contributed by atoms with van der Waals surface area (Å²) in [6, 6.07) is 4.40. The van der Waals surface area contributed by atoms with E-state index >= 15 is 0 Å². The molecule has 0 aromatic carbocycles. The Labute approximate surface area is 146 Å². The van der Waals surface area contributed by atoms with Crippen molar-refractivity contribution < 1.29 is 9.53 Å². The van der Waals surface area contributed by atoms with Gasteiger partial charge in [-0.1, -0.05) is 19.9 Å². The normalized spacial score (nSPS) is 18.6. The van der Waals surface area contributed by atoms with Crippen LogP contribution >= 0.6 is 0 Å². The first-order valence-corrected chi connectivity index (χ1v) is 9.06. The number of hydrogen-bond acceptors (Lipinski definition) is 4. The second kappa shape index (κ2) is 7.97. The minimum atomic E-state index is -0.513. The van der Waals surface area contributed by atoms with Crippen molar-refractivity contribution in [3.63, 3.8) is 0 Å². The van der Waals surface area contributed by atoms with Gasteiger partial charge in [-0.25, -0.2) is 9.78 Å². The van der Waals surface area contributed by atoms with Crippen molar-refractivity contribution in [2.45, 2.75) is 65.5 Å². The predicted molar refractivity (Wildman–Crippen MR) is 97.3 cm³/mol. The lowest BCUT2D eigenvalue weighted by Crippen LogP contribution is -2.39. The molecule has 1 fully saturated rings. The molecule has 2 heterocycles. The highest BCUT2D eigenvalue weighted by atomic mass is 16.6. The van der Waals surface area contributed by atoms with Gasteiger partial charge in [0.05, 0.1) is 0 Å². The van der Waals surface area contributed by atoms with Gasteiger partial charge in [0.1, 0.15) is 11.4 Å². The van der Waals surface area contributed by atoms with Crippen molar-refractivity contribution in [1.29, 1.82) is 0 Å². The second-order valence-corrected chi connectivity index (χ2v) is 7.33. The Balaban J connectivity index is 2.35. The third-order valence-corrected chi connectivity index (χ3v) is 4.26. The van der Waals surface area contributed by atoms with Gasteiger partial charge in [0.15, 0.2) is 0 Å². The Morgan fingerprint density at radius 1 is 1.42 bits per heavy atom. The van der Waals surface area contributed by atoms with Gasteiger partial charge in [-0.15, -0.1) is 0 Å². The average Bonchev–Trinajstić information content (AvgIpc) is 2.99. The van der Waals surface area contributed by atoms with Crippen LogP contribution in [0.5, 0.6) is 0 Å². The number of anilines is 1. The van der Waals surface area contributed by atoms with Crippen LogP contribution in [0.1, 0.15) is 65.5 Å². The third-order valence-electron chi connectivity index (χ3n) is 4.26. The van der Waals surface area contributed by atoms with E-state index in [4.69, 9.17) is 4.74 Å². The van der Waals surface area contributed by atoms with E-state index in [2.05, 4.69) is 29.8 Å². The summed E-state index contributed by atoms with van der Waals surface area (Å²) in [6.07, 6.45) is 4.60. The molecule has 1 aliphatic heterocycles. The van der Waals surface area contributed by atoms with Crippen LogP contribution in [0.4, 0.5) is 10.6 Å². The maximum Gasteiger partial charge on any atom is 0.416 e. The quantitative estimate of drug-likeness (QED) is 0.801.